The van der Waals surface area contributed by atoms with Gasteiger partial charge >= 0.3 is 0 Å². The number of hydrogen-bond donors (Lipinski definition) is 2. The monoisotopic (exact) mass is 411 g/mol. The molecule has 1 atom stereocenters. The molecule has 4 nitrogen and oxygen atoms in total. The summed E-state index contributed by atoms with van der Waals surface area (Å²) in [5.41, 5.74) is 1.88. The van der Waals surface area contributed by atoms with E-state index in [4.69, 9.17) is 4.98 Å². The number of nitrogens with zero attached hydrogens (tertiary/aromatic N) is 1. The van der Waals surface area contributed by atoms with Gasteiger partial charge in [0.15, 0.2) is 0 Å². The Hall–Kier alpha value is -2.40. The second-order valence-corrected chi connectivity index (χ2v) is 7.11. The molecule has 0 aliphatic rings. The molecule has 0 bridgehead atoms. The number of hydrogen-bond acceptors (Lipinski definition) is 3. The molecule has 0 unspecified atom stereocenters. The van der Waals surface area contributed by atoms with Gasteiger partial charge in [-0.15, -0.1) is 0 Å². The third-order valence-electron chi connectivity index (χ3n) is 4.33. The standard InChI is InChI=1S/C21H22BrN3O/c1-4-6-14(7-5-2)13(3)24-20-16-10-11-23-21(26)19(16)17-12-15(22)8-9-18(17)25-20/h4,6-13H,5H2,1-3H3,(H,23,26)(H,24,25)/b6-4-,14-7+/t13-/m1/s1. The maximum atomic E-state index is 12.5. The lowest BCUT2D eigenvalue weighted by Crippen LogP contribution is -2.19. The van der Waals surface area contributed by atoms with Gasteiger partial charge in [-0.1, -0.05) is 41.1 Å². The average molecular weight is 412 g/mol. The van der Waals surface area contributed by atoms with E-state index in [-0.39, 0.29) is 11.6 Å². The highest BCUT2D eigenvalue weighted by molar-refractivity contribution is 9.10. The van der Waals surface area contributed by atoms with Crippen molar-refractivity contribution in [1.82, 2.24) is 9.97 Å². The molecule has 2 N–H and O–H groups in total. The van der Waals surface area contributed by atoms with Crippen LogP contribution in [0, 0.1) is 0 Å². The summed E-state index contributed by atoms with van der Waals surface area (Å²) in [4.78, 5) is 20.1. The quantitative estimate of drug-likeness (QED) is 0.427. The fraction of sp³-hybridized carbons (Fsp3) is 0.238. The number of benzene rings is 1. The van der Waals surface area contributed by atoms with Gasteiger partial charge in [0.2, 0.25) is 0 Å². The topological polar surface area (TPSA) is 57.8 Å². The van der Waals surface area contributed by atoms with Crippen LogP contribution in [0.2, 0.25) is 0 Å². The van der Waals surface area contributed by atoms with E-state index in [0.717, 1.165) is 33.0 Å². The Morgan fingerprint density at radius 1 is 1.35 bits per heavy atom. The van der Waals surface area contributed by atoms with E-state index in [0.29, 0.717) is 5.39 Å². The van der Waals surface area contributed by atoms with Crippen molar-refractivity contribution in [2.75, 3.05) is 5.32 Å². The van der Waals surface area contributed by atoms with E-state index in [9.17, 15) is 4.79 Å². The highest BCUT2D eigenvalue weighted by Gasteiger charge is 2.14. The van der Waals surface area contributed by atoms with Crippen LogP contribution in [-0.2, 0) is 0 Å². The lowest BCUT2D eigenvalue weighted by atomic mass is 10.0. The average Bonchev–Trinajstić information content (AvgIpc) is 2.62. The molecule has 0 saturated carbocycles. The van der Waals surface area contributed by atoms with Crippen LogP contribution in [0.15, 0.2) is 63.5 Å². The Kier molecular flexibility index (Phi) is 5.57. The highest BCUT2D eigenvalue weighted by Crippen LogP contribution is 2.29. The molecule has 2 heterocycles. The molecule has 0 radical (unpaired) electrons. The van der Waals surface area contributed by atoms with Gasteiger partial charge in [-0.25, -0.2) is 4.98 Å². The van der Waals surface area contributed by atoms with Gasteiger partial charge in [0, 0.05) is 27.5 Å². The zero-order chi connectivity index (χ0) is 18.7. The number of anilines is 1. The van der Waals surface area contributed by atoms with Gasteiger partial charge in [-0.05, 0) is 50.1 Å². The Balaban J connectivity index is 2.19. The van der Waals surface area contributed by atoms with E-state index in [2.05, 4.69) is 52.2 Å². The summed E-state index contributed by atoms with van der Waals surface area (Å²) >= 11 is 3.48. The molecular weight excluding hydrogens is 390 g/mol. The lowest BCUT2D eigenvalue weighted by Gasteiger charge is -2.18. The van der Waals surface area contributed by atoms with E-state index < -0.39 is 0 Å². The van der Waals surface area contributed by atoms with Gasteiger partial charge in [0.25, 0.3) is 5.56 Å². The molecule has 2 aromatic heterocycles. The maximum absolute atomic E-state index is 12.5. The number of allylic oxidation sites excluding steroid dienone is 2. The SMILES string of the molecule is C/C=C\C(=C/CC)[C@@H](C)Nc1nc2ccc(Br)cc2c2c(=O)[nH]ccc12. The first-order valence-electron chi connectivity index (χ1n) is 8.75. The number of rotatable bonds is 5. The summed E-state index contributed by atoms with van der Waals surface area (Å²) in [7, 11) is 0. The first kappa shape index (κ1) is 18.4. The zero-order valence-corrected chi connectivity index (χ0v) is 16.7. The van der Waals surface area contributed by atoms with Crippen molar-refractivity contribution in [3.8, 4) is 0 Å². The first-order valence-corrected chi connectivity index (χ1v) is 9.54. The number of H-pyrrole nitrogens is 1. The number of pyridine rings is 2. The minimum absolute atomic E-state index is 0.0778. The lowest BCUT2D eigenvalue weighted by molar-refractivity contribution is 0.932. The number of nitrogens with one attached hydrogen (secondary N) is 2. The molecule has 0 spiro atoms. The molecule has 1 aromatic carbocycles. The third-order valence-corrected chi connectivity index (χ3v) is 4.82. The smallest absolute Gasteiger partial charge is 0.256 e. The summed E-state index contributed by atoms with van der Waals surface area (Å²) in [5, 5.41) is 5.81. The van der Waals surface area contributed by atoms with Crippen LogP contribution in [-0.4, -0.2) is 16.0 Å². The van der Waals surface area contributed by atoms with Crippen LogP contribution >= 0.6 is 15.9 Å². The predicted octanol–water partition coefficient (Wildman–Crippen LogP) is 5.55. The van der Waals surface area contributed by atoms with Crippen molar-refractivity contribution in [3.05, 3.63) is 69.1 Å². The zero-order valence-electron chi connectivity index (χ0n) is 15.1. The summed E-state index contributed by atoms with van der Waals surface area (Å²) in [6, 6.07) is 7.78. The molecule has 0 aliphatic heterocycles. The summed E-state index contributed by atoms with van der Waals surface area (Å²) in [5.74, 6) is 0.722. The number of aromatic amines is 1. The van der Waals surface area contributed by atoms with Crippen molar-refractivity contribution in [1.29, 1.82) is 0 Å². The van der Waals surface area contributed by atoms with Gasteiger partial charge in [0.05, 0.1) is 10.9 Å². The van der Waals surface area contributed by atoms with Gasteiger partial charge in [-0.2, -0.15) is 0 Å². The van der Waals surface area contributed by atoms with Crippen LogP contribution in [0.3, 0.4) is 0 Å². The minimum atomic E-state index is -0.110. The normalized spacial score (nSPS) is 13.6. The van der Waals surface area contributed by atoms with Crippen LogP contribution < -0.4 is 10.9 Å². The Bertz CT molecular complexity index is 1070. The predicted molar refractivity (Wildman–Crippen MR) is 114 cm³/mol. The van der Waals surface area contributed by atoms with Crippen molar-refractivity contribution in [2.24, 2.45) is 0 Å². The second-order valence-electron chi connectivity index (χ2n) is 6.20. The van der Waals surface area contributed by atoms with Gasteiger partial charge in [-0.3, -0.25) is 4.79 Å². The number of halogens is 1. The molecular formula is C21H22BrN3O. The van der Waals surface area contributed by atoms with Crippen LogP contribution in [0.5, 0.6) is 0 Å². The minimum Gasteiger partial charge on any atom is -0.363 e. The van der Waals surface area contributed by atoms with Crippen LogP contribution in [0.25, 0.3) is 21.7 Å². The first-order chi connectivity index (χ1) is 12.5. The molecule has 0 aliphatic carbocycles. The Morgan fingerprint density at radius 2 is 2.15 bits per heavy atom. The molecule has 0 fully saturated rings. The van der Waals surface area contributed by atoms with E-state index >= 15 is 0 Å². The van der Waals surface area contributed by atoms with E-state index in [1.807, 2.05) is 37.3 Å². The third kappa shape index (κ3) is 3.58. The molecule has 0 amide bonds. The Morgan fingerprint density at radius 3 is 2.88 bits per heavy atom. The summed E-state index contributed by atoms with van der Waals surface area (Å²) in [6.45, 7) is 6.24. The summed E-state index contributed by atoms with van der Waals surface area (Å²) in [6.07, 6.45) is 8.97. The Labute approximate surface area is 161 Å². The number of fused-ring (bicyclic) bond motifs is 3. The van der Waals surface area contributed by atoms with Gasteiger partial charge in [0.1, 0.15) is 5.82 Å². The largest absolute Gasteiger partial charge is 0.363 e. The van der Waals surface area contributed by atoms with Crippen molar-refractivity contribution >= 4 is 43.4 Å². The van der Waals surface area contributed by atoms with E-state index in [1.165, 1.54) is 5.57 Å². The van der Waals surface area contributed by atoms with Gasteiger partial charge < -0.3 is 10.3 Å². The molecule has 0 saturated heterocycles. The molecule has 5 heteroatoms. The maximum Gasteiger partial charge on any atom is 0.256 e. The van der Waals surface area contributed by atoms with Crippen molar-refractivity contribution < 1.29 is 0 Å². The highest BCUT2D eigenvalue weighted by atomic mass is 79.9. The van der Waals surface area contributed by atoms with Crippen LogP contribution in [0.1, 0.15) is 27.2 Å². The number of aromatic nitrogens is 2. The molecule has 3 rings (SSSR count). The molecule has 26 heavy (non-hydrogen) atoms. The summed E-state index contributed by atoms with van der Waals surface area (Å²) < 4.78 is 0.923. The fourth-order valence-electron chi connectivity index (χ4n) is 3.15. The van der Waals surface area contributed by atoms with Crippen molar-refractivity contribution in [2.45, 2.75) is 33.2 Å². The van der Waals surface area contributed by atoms with Crippen LogP contribution in [0.4, 0.5) is 5.82 Å². The molecule has 3 aromatic rings. The van der Waals surface area contributed by atoms with E-state index in [1.54, 1.807) is 6.20 Å². The second kappa shape index (κ2) is 7.87. The van der Waals surface area contributed by atoms with Crippen molar-refractivity contribution in [3.63, 3.8) is 0 Å². The fourth-order valence-corrected chi connectivity index (χ4v) is 3.51. The molecule has 134 valence electrons.